The van der Waals surface area contributed by atoms with Crippen molar-refractivity contribution in [2.24, 2.45) is 0 Å². The Balaban J connectivity index is 0.00000341. The normalized spacial score (nSPS) is 10.3. The van der Waals surface area contributed by atoms with E-state index in [0.717, 1.165) is 0 Å². The number of nitrogens with zero attached hydrogens (tertiary/aromatic N) is 3. The second-order valence-electron chi connectivity index (χ2n) is 6.17. The number of fused-ring (bicyclic) bond motifs is 1. The Kier molecular flexibility index (Phi) is 9.31. The van der Waals surface area contributed by atoms with Crippen LogP contribution in [-0.4, -0.2) is 56.1 Å². The van der Waals surface area contributed by atoms with Crippen LogP contribution < -0.4 is 13.9 Å². The van der Waals surface area contributed by atoms with Crippen LogP contribution in [-0.2, 0) is 9.47 Å². The summed E-state index contributed by atoms with van der Waals surface area (Å²) in [6.07, 6.45) is 6.95. The minimum Gasteiger partial charge on any atom is -0.487 e. The molecule has 0 bridgehead atoms. The second kappa shape index (κ2) is 11.9. The molecular weight excluding hydrogens is 422 g/mol. The molecule has 2 N–H and O–H groups in total. The van der Waals surface area contributed by atoms with Gasteiger partial charge in [0.05, 0.1) is 24.4 Å². The molecule has 3 aromatic rings. The summed E-state index contributed by atoms with van der Waals surface area (Å²) in [7, 11) is 3.23. The number of hydrogen-bond donors (Lipinski definition) is 0. The van der Waals surface area contributed by atoms with Crippen molar-refractivity contribution in [3.63, 3.8) is 0 Å². The van der Waals surface area contributed by atoms with Crippen LogP contribution in [0.1, 0.15) is 5.56 Å². The lowest BCUT2D eigenvalue weighted by atomic mass is 10.2. The molecular formula is C22H24ClN3O5. The number of ether oxygens (including phenoxy) is 4. The van der Waals surface area contributed by atoms with Crippen LogP contribution in [0, 0.1) is 12.3 Å². The monoisotopic (exact) mass is 445 g/mol. The molecule has 0 radical (unpaired) electrons. The van der Waals surface area contributed by atoms with Crippen molar-refractivity contribution in [2.75, 3.05) is 45.1 Å². The summed E-state index contributed by atoms with van der Waals surface area (Å²) in [5.74, 6) is 4.19. The topological polar surface area (TPSA) is 97.4 Å². The molecule has 2 aromatic carbocycles. The Morgan fingerprint density at radius 3 is 2.29 bits per heavy atom. The molecule has 164 valence electrons. The average Bonchev–Trinajstić information content (AvgIpc) is 2.78. The van der Waals surface area contributed by atoms with E-state index >= 15 is 0 Å². The number of rotatable bonds is 10. The number of halogens is 1. The Morgan fingerprint density at radius 1 is 0.968 bits per heavy atom. The molecule has 0 aliphatic rings. The molecule has 8 nitrogen and oxygen atoms in total. The summed E-state index contributed by atoms with van der Waals surface area (Å²) in [5.41, 5.74) is 2.06. The van der Waals surface area contributed by atoms with Crippen LogP contribution in [0.5, 0.6) is 11.5 Å². The van der Waals surface area contributed by atoms with Crippen molar-refractivity contribution in [3.05, 3.63) is 48.3 Å². The van der Waals surface area contributed by atoms with E-state index in [0.29, 0.717) is 65.9 Å². The highest BCUT2D eigenvalue weighted by Crippen LogP contribution is 2.38. The minimum atomic E-state index is 0. The van der Waals surface area contributed by atoms with Crippen LogP contribution in [0.3, 0.4) is 0 Å². The molecule has 9 heteroatoms. The average molecular weight is 446 g/mol. The molecule has 0 spiro atoms. The molecule has 0 atom stereocenters. The standard InChI is InChI=1S/C22H22ClN3O4.H2O/c1-4-16-6-5-7-17(12-16)26(23)22-18-13-20(29-10-8-27-2)21(30-11-9-28-3)14-19(18)24-15-25-22;/h1,5-7,12-15H,8-11H2,2-3H3;1H2. The van der Waals surface area contributed by atoms with Crippen LogP contribution in [0.25, 0.3) is 10.9 Å². The van der Waals surface area contributed by atoms with Gasteiger partial charge in [-0.05, 0) is 24.3 Å². The number of benzene rings is 2. The third-order valence-electron chi connectivity index (χ3n) is 4.20. The summed E-state index contributed by atoms with van der Waals surface area (Å²) in [4.78, 5) is 8.73. The van der Waals surface area contributed by atoms with Crippen molar-refractivity contribution >= 4 is 34.2 Å². The molecule has 0 aliphatic heterocycles. The molecule has 3 rings (SSSR count). The summed E-state index contributed by atoms with van der Waals surface area (Å²) < 4.78 is 23.2. The minimum absolute atomic E-state index is 0. The molecule has 1 aromatic heterocycles. The summed E-state index contributed by atoms with van der Waals surface area (Å²) in [5, 5.41) is 0.699. The highest BCUT2D eigenvalue weighted by Gasteiger charge is 2.17. The van der Waals surface area contributed by atoms with E-state index in [1.165, 1.54) is 10.7 Å². The van der Waals surface area contributed by atoms with Gasteiger partial charge in [0.2, 0.25) is 0 Å². The lowest BCUT2D eigenvalue weighted by Gasteiger charge is -2.18. The highest BCUT2D eigenvalue weighted by atomic mass is 35.5. The number of anilines is 2. The van der Waals surface area contributed by atoms with Crippen LogP contribution >= 0.6 is 11.8 Å². The van der Waals surface area contributed by atoms with Crippen LogP contribution in [0.4, 0.5) is 11.5 Å². The fraction of sp³-hybridized carbons (Fsp3) is 0.273. The second-order valence-corrected chi connectivity index (χ2v) is 6.51. The molecule has 0 amide bonds. The number of aromatic nitrogens is 2. The van der Waals surface area contributed by atoms with Crippen molar-refractivity contribution in [2.45, 2.75) is 0 Å². The van der Waals surface area contributed by atoms with E-state index in [2.05, 4.69) is 15.9 Å². The van der Waals surface area contributed by atoms with Gasteiger partial charge in [0.1, 0.15) is 19.5 Å². The first kappa shape index (κ1) is 24.2. The maximum absolute atomic E-state index is 6.63. The summed E-state index contributed by atoms with van der Waals surface area (Å²) >= 11 is 6.63. The first-order valence-corrected chi connectivity index (χ1v) is 9.56. The van der Waals surface area contributed by atoms with Crippen molar-refractivity contribution in [1.82, 2.24) is 9.97 Å². The summed E-state index contributed by atoms with van der Waals surface area (Å²) in [6.45, 7) is 1.63. The number of methoxy groups -OCH3 is 2. The zero-order valence-electron chi connectivity index (χ0n) is 17.3. The quantitative estimate of drug-likeness (QED) is 0.268. The molecule has 0 aliphatic carbocycles. The zero-order chi connectivity index (χ0) is 21.3. The Morgan fingerprint density at radius 2 is 1.65 bits per heavy atom. The number of hydrogen-bond acceptors (Lipinski definition) is 7. The van der Waals surface area contributed by atoms with Gasteiger partial charge in [0, 0.05) is 43.0 Å². The first-order valence-electron chi connectivity index (χ1n) is 9.22. The van der Waals surface area contributed by atoms with Crippen molar-refractivity contribution in [3.8, 4) is 23.8 Å². The maximum atomic E-state index is 6.63. The maximum Gasteiger partial charge on any atom is 0.163 e. The first-order chi connectivity index (χ1) is 14.7. The van der Waals surface area contributed by atoms with E-state index in [1.54, 1.807) is 26.4 Å². The third kappa shape index (κ3) is 5.96. The van der Waals surface area contributed by atoms with Gasteiger partial charge >= 0.3 is 0 Å². The molecule has 0 saturated carbocycles. The highest BCUT2D eigenvalue weighted by molar-refractivity contribution is 6.30. The smallest absolute Gasteiger partial charge is 0.163 e. The van der Waals surface area contributed by atoms with E-state index in [1.807, 2.05) is 24.3 Å². The molecule has 0 saturated heterocycles. The lowest BCUT2D eigenvalue weighted by molar-refractivity contribution is 0.132. The van der Waals surface area contributed by atoms with Gasteiger partial charge in [-0.15, -0.1) is 6.42 Å². The van der Waals surface area contributed by atoms with E-state index in [9.17, 15) is 0 Å². The molecule has 1 heterocycles. The van der Waals surface area contributed by atoms with Gasteiger partial charge in [-0.1, -0.05) is 12.0 Å². The van der Waals surface area contributed by atoms with E-state index in [-0.39, 0.29) is 5.48 Å². The summed E-state index contributed by atoms with van der Waals surface area (Å²) in [6, 6.07) is 10.9. The van der Waals surface area contributed by atoms with Gasteiger partial charge in [0.15, 0.2) is 17.3 Å². The Bertz CT molecular complexity index is 1040. The van der Waals surface area contributed by atoms with Gasteiger partial charge in [-0.25, -0.2) is 14.4 Å². The molecule has 0 unspecified atom stereocenters. The van der Waals surface area contributed by atoms with E-state index < -0.39 is 0 Å². The lowest BCUT2D eigenvalue weighted by Crippen LogP contribution is -2.10. The van der Waals surface area contributed by atoms with Gasteiger partial charge in [-0.3, -0.25) is 0 Å². The fourth-order valence-corrected chi connectivity index (χ4v) is 2.98. The van der Waals surface area contributed by atoms with Gasteiger partial charge in [-0.2, -0.15) is 0 Å². The SMILES string of the molecule is C#Cc1cccc(N(Cl)c2ncnc3cc(OCCOC)c(OCCOC)cc23)c1.O. The third-order valence-corrected chi connectivity index (χ3v) is 4.55. The van der Waals surface area contributed by atoms with E-state index in [4.69, 9.17) is 37.1 Å². The Hall–Kier alpha value is -3.09. The molecule has 31 heavy (non-hydrogen) atoms. The Labute approximate surface area is 186 Å². The predicted molar refractivity (Wildman–Crippen MR) is 120 cm³/mol. The van der Waals surface area contributed by atoms with Gasteiger partial charge < -0.3 is 24.4 Å². The van der Waals surface area contributed by atoms with Crippen molar-refractivity contribution < 1.29 is 24.4 Å². The van der Waals surface area contributed by atoms with Gasteiger partial charge in [0.25, 0.3) is 0 Å². The largest absolute Gasteiger partial charge is 0.487 e. The predicted octanol–water partition coefficient (Wildman–Crippen LogP) is 3.13. The van der Waals surface area contributed by atoms with Crippen LogP contribution in [0.15, 0.2) is 42.7 Å². The fourth-order valence-electron chi connectivity index (χ4n) is 2.74. The number of terminal acetylenes is 1. The molecule has 0 fully saturated rings. The van der Waals surface area contributed by atoms with Crippen molar-refractivity contribution in [1.29, 1.82) is 0 Å². The van der Waals surface area contributed by atoms with Crippen LogP contribution in [0.2, 0.25) is 0 Å². The zero-order valence-corrected chi connectivity index (χ0v) is 18.1.